The van der Waals surface area contributed by atoms with E-state index in [9.17, 15) is 14.9 Å². The zero-order chi connectivity index (χ0) is 28.7. The molecule has 41 heavy (non-hydrogen) atoms. The Labute approximate surface area is 238 Å². The standard InChI is InChI=1S/C34H28N4O3/c1-21-14-25(16-26-15-22(2)41-32(21)26)31-27(20-38(36-31)28-12-8-5-9-13-28)17-29-23(3)30(18-35)34(40)37(33(29)39)19-24-10-6-4-7-11-24/h4-14,16-17,20,22H,15,19H2,1-3H3/b29-17+. The van der Waals surface area contributed by atoms with E-state index in [0.29, 0.717) is 22.4 Å². The fraction of sp³-hybridized carbons (Fsp3) is 0.176. The van der Waals surface area contributed by atoms with Crippen molar-refractivity contribution in [2.45, 2.75) is 39.8 Å². The summed E-state index contributed by atoms with van der Waals surface area (Å²) in [5.41, 5.74) is 6.72. The van der Waals surface area contributed by atoms with Crippen LogP contribution in [0.4, 0.5) is 0 Å². The number of rotatable bonds is 5. The van der Waals surface area contributed by atoms with Gasteiger partial charge in [0.25, 0.3) is 11.8 Å². The summed E-state index contributed by atoms with van der Waals surface area (Å²) in [4.78, 5) is 28.2. The van der Waals surface area contributed by atoms with E-state index in [4.69, 9.17) is 9.84 Å². The lowest BCUT2D eigenvalue weighted by molar-refractivity contribution is -0.141. The Morgan fingerprint density at radius 3 is 2.44 bits per heavy atom. The van der Waals surface area contributed by atoms with E-state index in [-0.39, 0.29) is 18.2 Å². The summed E-state index contributed by atoms with van der Waals surface area (Å²) < 4.78 is 7.81. The lowest BCUT2D eigenvalue weighted by atomic mass is 9.92. The van der Waals surface area contributed by atoms with Crippen molar-refractivity contribution in [3.8, 4) is 28.8 Å². The Morgan fingerprint density at radius 2 is 1.73 bits per heavy atom. The molecule has 202 valence electrons. The van der Waals surface area contributed by atoms with E-state index in [1.165, 1.54) is 0 Å². The zero-order valence-corrected chi connectivity index (χ0v) is 23.1. The highest BCUT2D eigenvalue weighted by Gasteiger charge is 2.36. The molecule has 4 aromatic rings. The van der Waals surface area contributed by atoms with Crippen LogP contribution < -0.4 is 4.74 Å². The van der Waals surface area contributed by atoms with Gasteiger partial charge in [0.05, 0.1) is 17.9 Å². The third-order valence-corrected chi connectivity index (χ3v) is 7.52. The first-order valence-electron chi connectivity index (χ1n) is 13.5. The highest BCUT2D eigenvalue weighted by molar-refractivity contribution is 6.19. The molecule has 0 saturated heterocycles. The number of nitriles is 1. The molecule has 0 N–H and O–H groups in total. The molecule has 0 bridgehead atoms. The normalized spacial score (nSPS) is 17.6. The highest BCUT2D eigenvalue weighted by atomic mass is 16.5. The number of amides is 2. The molecule has 7 heteroatoms. The van der Waals surface area contributed by atoms with Crippen molar-refractivity contribution in [3.05, 3.63) is 118 Å². The minimum atomic E-state index is -0.584. The second-order valence-corrected chi connectivity index (χ2v) is 10.5. The van der Waals surface area contributed by atoms with Gasteiger partial charge in [0.1, 0.15) is 23.5 Å². The van der Waals surface area contributed by atoms with Crippen LogP contribution in [0.1, 0.15) is 36.1 Å². The maximum Gasteiger partial charge on any atom is 0.271 e. The number of fused-ring (bicyclic) bond motifs is 1. The van der Waals surface area contributed by atoms with Gasteiger partial charge in [0.15, 0.2) is 0 Å². The first kappa shape index (κ1) is 26.0. The molecule has 0 saturated carbocycles. The van der Waals surface area contributed by atoms with Crippen molar-refractivity contribution < 1.29 is 14.3 Å². The number of carbonyl (C=O) groups excluding carboxylic acids is 2. The molecule has 3 aromatic carbocycles. The van der Waals surface area contributed by atoms with Gasteiger partial charge in [-0.15, -0.1) is 0 Å². The van der Waals surface area contributed by atoms with Crippen molar-refractivity contribution in [1.82, 2.24) is 14.7 Å². The highest BCUT2D eigenvalue weighted by Crippen LogP contribution is 2.38. The van der Waals surface area contributed by atoms with Gasteiger partial charge in [0.2, 0.25) is 0 Å². The number of hydrogen-bond acceptors (Lipinski definition) is 5. The summed E-state index contributed by atoms with van der Waals surface area (Å²) in [6.07, 6.45) is 4.54. The summed E-state index contributed by atoms with van der Waals surface area (Å²) in [6.45, 7) is 5.81. The Bertz CT molecular complexity index is 1790. The number of nitrogens with zero attached hydrogens (tertiary/aromatic N) is 4. The molecular formula is C34H28N4O3. The summed E-state index contributed by atoms with van der Waals surface area (Å²) in [6, 6.07) is 25.2. The predicted octanol–water partition coefficient (Wildman–Crippen LogP) is 5.96. The van der Waals surface area contributed by atoms with Gasteiger partial charge in [-0.2, -0.15) is 10.4 Å². The van der Waals surface area contributed by atoms with E-state index in [2.05, 4.69) is 13.0 Å². The molecule has 0 fully saturated rings. The van der Waals surface area contributed by atoms with Crippen LogP contribution >= 0.6 is 0 Å². The first-order valence-corrected chi connectivity index (χ1v) is 13.5. The quantitative estimate of drug-likeness (QED) is 0.230. The van der Waals surface area contributed by atoms with Crippen molar-refractivity contribution in [2.24, 2.45) is 0 Å². The molecule has 0 spiro atoms. The number of para-hydroxylation sites is 1. The van der Waals surface area contributed by atoms with Crippen LogP contribution in [0.3, 0.4) is 0 Å². The molecule has 6 rings (SSSR count). The van der Waals surface area contributed by atoms with E-state index < -0.39 is 11.8 Å². The van der Waals surface area contributed by atoms with E-state index in [0.717, 1.165) is 45.0 Å². The molecular weight excluding hydrogens is 512 g/mol. The Balaban J connectivity index is 1.51. The van der Waals surface area contributed by atoms with E-state index >= 15 is 0 Å². The number of aromatic nitrogens is 2. The van der Waals surface area contributed by atoms with Crippen LogP contribution in [-0.4, -0.2) is 32.6 Å². The topological polar surface area (TPSA) is 88.2 Å². The fourth-order valence-electron chi connectivity index (χ4n) is 5.48. The van der Waals surface area contributed by atoms with Crippen molar-refractivity contribution in [1.29, 1.82) is 5.26 Å². The lowest BCUT2D eigenvalue weighted by Gasteiger charge is -2.27. The molecule has 0 aliphatic carbocycles. The largest absolute Gasteiger partial charge is 0.490 e. The van der Waals surface area contributed by atoms with Crippen LogP contribution in [0.2, 0.25) is 0 Å². The monoisotopic (exact) mass is 540 g/mol. The van der Waals surface area contributed by atoms with Crippen LogP contribution in [0, 0.1) is 18.3 Å². The van der Waals surface area contributed by atoms with Gasteiger partial charge in [-0.3, -0.25) is 14.5 Å². The molecule has 0 radical (unpaired) electrons. The third-order valence-electron chi connectivity index (χ3n) is 7.52. The number of carbonyl (C=O) groups is 2. The SMILES string of the molecule is CC1=C(C#N)C(=O)N(Cc2ccccc2)C(=O)/C1=C/c1cn(-c2ccccc2)nc1-c1cc(C)c2c(c1)CC(C)O2. The molecule has 2 aliphatic heterocycles. The number of hydrogen-bond donors (Lipinski definition) is 0. The predicted molar refractivity (Wildman–Crippen MR) is 156 cm³/mol. The number of ether oxygens (including phenoxy) is 1. The average Bonchev–Trinajstić information content (AvgIpc) is 3.58. The van der Waals surface area contributed by atoms with Gasteiger partial charge in [-0.25, -0.2) is 4.68 Å². The molecule has 1 aromatic heterocycles. The Hall–Kier alpha value is -5.22. The summed E-state index contributed by atoms with van der Waals surface area (Å²) >= 11 is 0. The van der Waals surface area contributed by atoms with Gasteiger partial charge >= 0.3 is 0 Å². The van der Waals surface area contributed by atoms with Crippen LogP contribution in [0.15, 0.2) is 95.7 Å². The Kier molecular flexibility index (Phi) is 6.60. The van der Waals surface area contributed by atoms with Gasteiger partial charge < -0.3 is 4.74 Å². The van der Waals surface area contributed by atoms with Gasteiger partial charge in [-0.05, 0) is 73.4 Å². The number of benzene rings is 3. The maximum atomic E-state index is 13.8. The molecule has 7 nitrogen and oxygen atoms in total. The van der Waals surface area contributed by atoms with Gasteiger partial charge in [-0.1, -0.05) is 48.5 Å². The fourth-order valence-corrected chi connectivity index (χ4v) is 5.48. The summed E-state index contributed by atoms with van der Waals surface area (Å²) in [5, 5.41) is 14.8. The maximum absolute atomic E-state index is 13.8. The average molecular weight is 541 g/mol. The van der Waals surface area contributed by atoms with Crippen LogP contribution in [-0.2, 0) is 22.6 Å². The van der Waals surface area contributed by atoms with Crippen LogP contribution in [0.25, 0.3) is 23.0 Å². The smallest absolute Gasteiger partial charge is 0.271 e. The Morgan fingerprint density at radius 1 is 1.02 bits per heavy atom. The zero-order valence-electron chi connectivity index (χ0n) is 23.1. The van der Waals surface area contributed by atoms with Crippen LogP contribution in [0.5, 0.6) is 5.75 Å². The third kappa shape index (κ3) is 4.74. The van der Waals surface area contributed by atoms with E-state index in [1.807, 2.05) is 85.9 Å². The first-order chi connectivity index (χ1) is 19.8. The molecule has 2 amide bonds. The summed E-state index contributed by atoms with van der Waals surface area (Å²) in [7, 11) is 0. The van der Waals surface area contributed by atoms with Crippen molar-refractivity contribution >= 4 is 17.9 Å². The minimum absolute atomic E-state index is 0.0386. The molecule has 1 atom stereocenters. The second-order valence-electron chi connectivity index (χ2n) is 10.5. The summed E-state index contributed by atoms with van der Waals surface area (Å²) in [5.74, 6) is -0.112. The van der Waals surface area contributed by atoms with Crippen molar-refractivity contribution in [2.75, 3.05) is 0 Å². The number of aryl methyl sites for hydroxylation is 1. The van der Waals surface area contributed by atoms with Gasteiger partial charge in [0, 0.05) is 29.3 Å². The molecule has 3 heterocycles. The van der Waals surface area contributed by atoms with Crippen molar-refractivity contribution in [3.63, 3.8) is 0 Å². The minimum Gasteiger partial charge on any atom is -0.490 e. The van der Waals surface area contributed by atoms with E-state index in [1.54, 1.807) is 17.7 Å². The second kappa shape index (κ2) is 10.4. The number of imide groups is 1. The lowest BCUT2D eigenvalue weighted by Crippen LogP contribution is -2.42. The molecule has 1 unspecified atom stereocenters. The molecule has 2 aliphatic rings.